The minimum Gasteiger partial charge on any atom is -0.355 e. The van der Waals surface area contributed by atoms with Gasteiger partial charge in [0.1, 0.15) is 11.6 Å². The Morgan fingerprint density at radius 3 is 2.84 bits per heavy atom. The number of rotatable bonds is 8. The van der Waals surface area contributed by atoms with Crippen LogP contribution in [0.1, 0.15) is 36.8 Å². The Kier molecular flexibility index (Phi) is 7.85. The SMILES string of the molecule is Cc1c(F)cc(F)cc1CN1CCC[C@@H](CC(=O)Nc2nnc(N[C@@H]3CCN(c4cccnn4)C3)s2)C1. The lowest BCUT2D eigenvalue weighted by molar-refractivity contribution is -0.117. The van der Waals surface area contributed by atoms with Crippen molar-refractivity contribution in [2.75, 3.05) is 41.7 Å². The summed E-state index contributed by atoms with van der Waals surface area (Å²) >= 11 is 1.32. The van der Waals surface area contributed by atoms with Crippen LogP contribution in [-0.4, -0.2) is 63.4 Å². The van der Waals surface area contributed by atoms with Crippen LogP contribution in [-0.2, 0) is 11.3 Å². The number of likely N-dealkylation sites (tertiary alicyclic amines) is 1. The van der Waals surface area contributed by atoms with Gasteiger partial charge in [0.25, 0.3) is 0 Å². The summed E-state index contributed by atoms with van der Waals surface area (Å²) in [5.41, 5.74) is 1.12. The first kappa shape index (κ1) is 25.4. The molecule has 0 radical (unpaired) electrons. The number of carbonyl (C=O) groups is 1. The second-order valence-electron chi connectivity index (χ2n) is 9.74. The standard InChI is InChI=1S/C25H30F2N8OS/c1-16-18(11-19(26)12-21(16)27)14-34-8-3-4-17(13-34)10-23(36)30-25-33-32-24(37-25)29-20-6-9-35(15-20)22-5-2-7-28-31-22/h2,5,7,11-12,17,20H,3-4,6,8-10,13-15H2,1H3,(H,29,32)(H,30,33,36)/t17-,20+/m0/s1. The van der Waals surface area contributed by atoms with E-state index in [1.807, 2.05) is 12.1 Å². The number of nitrogens with one attached hydrogen (secondary N) is 2. The molecule has 2 fully saturated rings. The summed E-state index contributed by atoms with van der Waals surface area (Å²) in [6.45, 7) is 5.36. The normalized spacial score (nSPS) is 20.2. The third-order valence-electron chi connectivity index (χ3n) is 6.96. The van der Waals surface area contributed by atoms with Crippen molar-refractivity contribution in [2.24, 2.45) is 5.92 Å². The minimum atomic E-state index is -0.562. The fourth-order valence-electron chi connectivity index (χ4n) is 5.05. The van der Waals surface area contributed by atoms with Gasteiger partial charge in [0, 0.05) is 50.9 Å². The number of hydrogen-bond donors (Lipinski definition) is 2. The van der Waals surface area contributed by atoms with Crippen molar-refractivity contribution >= 4 is 33.3 Å². The van der Waals surface area contributed by atoms with Gasteiger partial charge in [-0.05, 0) is 68.0 Å². The molecule has 0 saturated carbocycles. The van der Waals surface area contributed by atoms with E-state index in [1.54, 1.807) is 13.1 Å². The lowest BCUT2D eigenvalue weighted by atomic mass is 9.94. The molecular weight excluding hydrogens is 498 g/mol. The molecule has 2 N–H and O–H groups in total. The van der Waals surface area contributed by atoms with E-state index >= 15 is 0 Å². The van der Waals surface area contributed by atoms with Crippen LogP contribution < -0.4 is 15.5 Å². The molecule has 2 aromatic heterocycles. The molecule has 1 amide bonds. The average molecular weight is 529 g/mol. The maximum absolute atomic E-state index is 13.9. The molecule has 37 heavy (non-hydrogen) atoms. The van der Waals surface area contributed by atoms with Crippen LogP contribution >= 0.6 is 11.3 Å². The summed E-state index contributed by atoms with van der Waals surface area (Å²) in [5.74, 6) is -0.158. The molecule has 0 bridgehead atoms. The summed E-state index contributed by atoms with van der Waals surface area (Å²) in [7, 11) is 0. The first-order valence-electron chi connectivity index (χ1n) is 12.5. The van der Waals surface area contributed by atoms with Crippen LogP contribution in [0.15, 0.2) is 30.5 Å². The van der Waals surface area contributed by atoms with Crippen molar-refractivity contribution in [2.45, 2.75) is 45.2 Å². The predicted molar refractivity (Wildman–Crippen MR) is 139 cm³/mol. The van der Waals surface area contributed by atoms with Gasteiger partial charge in [0.05, 0.1) is 0 Å². The van der Waals surface area contributed by atoms with Gasteiger partial charge in [-0.3, -0.25) is 9.69 Å². The molecule has 2 aliphatic rings. The number of halogens is 2. The first-order valence-corrected chi connectivity index (χ1v) is 13.3. The van der Waals surface area contributed by atoms with Gasteiger partial charge < -0.3 is 15.5 Å². The van der Waals surface area contributed by atoms with Gasteiger partial charge in [-0.15, -0.1) is 15.3 Å². The van der Waals surface area contributed by atoms with Crippen LogP contribution in [0.3, 0.4) is 0 Å². The van der Waals surface area contributed by atoms with E-state index < -0.39 is 11.6 Å². The highest BCUT2D eigenvalue weighted by Gasteiger charge is 2.26. The molecular formula is C25H30F2N8OS. The molecule has 0 spiro atoms. The smallest absolute Gasteiger partial charge is 0.226 e. The highest BCUT2D eigenvalue weighted by Crippen LogP contribution is 2.27. The zero-order chi connectivity index (χ0) is 25.8. The molecule has 1 aromatic carbocycles. The number of anilines is 3. The molecule has 3 aromatic rings. The maximum Gasteiger partial charge on any atom is 0.226 e. The van der Waals surface area contributed by atoms with E-state index in [0.29, 0.717) is 40.9 Å². The van der Waals surface area contributed by atoms with E-state index in [0.717, 1.165) is 50.8 Å². The van der Waals surface area contributed by atoms with E-state index in [2.05, 4.69) is 40.8 Å². The molecule has 2 atom stereocenters. The van der Waals surface area contributed by atoms with Crippen LogP contribution in [0.2, 0.25) is 0 Å². The van der Waals surface area contributed by atoms with Gasteiger partial charge in [0.15, 0.2) is 5.82 Å². The number of piperidine rings is 1. The highest BCUT2D eigenvalue weighted by atomic mass is 32.1. The van der Waals surface area contributed by atoms with Crippen molar-refractivity contribution in [1.82, 2.24) is 25.3 Å². The third-order valence-corrected chi connectivity index (χ3v) is 7.73. The average Bonchev–Trinajstić information content (AvgIpc) is 3.53. The van der Waals surface area contributed by atoms with Crippen molar-refractivity contribution < 1.29 is 13.6 Å². The first-order chi connectivity index (χ1) is 17.9. The summed E-state index contributed by atoms with van der Waals surface area (Å²) < 4.78 is 27.6. The Bertz CT molecular complexity index is 1230. The van der Waals surface area contributed by atoms with E-state index in [4.69, 9.17) is 0 Å². The maximum atomic E-state index is 13.9. The second-order valence-corrected chi connectivity index (χ2v) is 10.7. The number of benzene rings is 1. The Morgan fingerprint density at radius 1 is 1.14 bits per heavy atom. The molecule has 2 aliphatic heterocycles. The highest BCUT2D eigenvalue weighted by molar-refractivity contribution is 7.19. The van der Waals surface area contributed by atoms with Gasteiger partial charge in [-0.25, -0.2) is 8.78 Å². The fourth-order valence-corrected chi connectivity index (χ4v) is 5.79. The minimum absolute atomic E-state index is 0.0998. The van der Waals surface area contributed by atoms with Gasteiger partial charge in [-0.1, -0.05) is 11.3 Å². The Labute approximate surface area is 218 Å². The number of aromatic nitrogens is 4. The molecule has 12 heteroatoms. The van der Waals surface area contributed by atoms with Gasteiger partial charge in [-0.2, -0.15) is 5.10 Å². The van der Waals surface area contributed by atoms with Gasteiger partial charge in [0.2, 0.25) is 16.2 Å². The Balaban J connectivity index is 1.09. The summed E-state index contributed by atoms with van der Waals surface area (Å²) in [4.78, 5) is 17.1. The molecule has 9 nitrogen and oxygen atoms in total. The third kappa shape index (κ3) is 6.55. The quantitative estimate of drug-likeness (QED) is 0.455. The summed E-state index contributed by atoms with van der Waals surface area (Å²) in [6, 6.07) is 6.34. The number of nitrogens with zero attached hydrogens (tertiary/aromatic N) is 6. The zero-order valence-electron chi connectivity index (χ0n) is 20.7. The monoisotopic (exact) mass is 528 g/mol. The molecule has 196 valence electrons. The Hall–Kier alpha value is -3.25. The summed E-state index contributed by atoms with van der Waals surface area (Å²) in [5, 5.41) is 23.8. The number of amides is 1. The lowest BCUT2D eigenvalue weighted by Crippen LogP contribution is -2.36. The zero-order valence-corrected chi connectivity index (χ0v) is 21.5. The molecule has 2 saturated heterocycles. The molecule has 5 rings (SSSR count). The van der Waals surface area contributed by atoms with Crippen LogP contribution in [0.4, 0.5) is 24.9 Å². The van der Waals surface area contributed by atoms with Crippen molar-refractivity contribution in [3.63, 3.8) is 0 Å². The van der Waals surface area contributed by atoms with E-state index in [9.17, 15) is 13.6 Å². The lowest BCUT2D eigenvalue weighted by Gasteiger charge is -2.32. The predicted octanol–water partition coefficient (Wildman–Crippen LogP) is 3.85. The summed E-state index contributed by atoms with van der Waals surface area (Å²) in [6.07, 6.45) is 4.84. The van der Waals surface area contributed by atoms with Crippen molar-refractivity contribution in [3.05, 3.63) is 53.2 Å². The second kappa shape index (κ2) is 11.4. The number of hydrogen-bond acceptors (Lipinski definition) is 9. The van der Waals surface area contributed by atoms with Crippen molar-refractivity contribution in [1.29, 1.82) is 0 Å². The topological polar surface area (TPSA) is 99.2 Å². The largest absolute Gasteiger partial charge is 0.355 e. The Morgan fingerprint density at radius 2 is 2.00 bits per heavy atom. The molecule has 4 heterocycles. The molecule has 0 unspecified atom stereocenters. The van der Waals surface area contributed by atoms with E-state index in [-0.39, 0.29) is 17.9 Å². The fraction of sp³-hybridized carbons (Fsp3) is 0.480. The molecule has 0 aliphatic carbocycles. The van der Waals surface area contributed by atoms with Crippen LogP contribution in [0, 0.1) is 24.5 Å². The van der Waals surface area contributed by atoms with Gasteiger partial charge >= 0.3 is 0 Å². The van der Waals surface area contributed by atoms with Crippen LogP contribution in [0.25, 0.3) is 0 Å². The van der Waals surface area contributed by atoms with Crippen LogP contribution in [0.5, 0.6) is 0 Å². The van der Waals surface area contributed by atoms with E-state index in [1.165, 1.54) is 17.4 Å². The number of carbonyl (C=O) groups excluding carboxylic acids is 1. The van der Waals surface area contributed by atoms with Crippen molar-refractivity contribution in [3.8, 4) is 0 Å².